The normalized spacial score (nSPS) is 10.7. The predicted molar refractivity (Wildman–Crippen MR) is 87.5 cm³/mol. The standard InChI is InChI=1S/C19H21NO/c1-13(2)17-10-9-15(11-14(17)3)12-18(20)19(21)16-7-5-4-6-8-16/h4-11,13,20H,12H2,1-3H3. The topological polar surface area (TPSA) is 40.9 Å². The molecule has 2 aromatic rings. The van der Waals surface area contributed by atoms with Gasteiger partial charge in [-0.15, -0.1) is 0 Å². The summed E-state index contributed by atoms with van der Waals surface area (Å²) in [5.41, 5.74) is 4.28. The largest absolute Gasteiger partial charge is 0.301 e. The van der Waals surface area contributed by atoms with Gasteiger partial charge in [-0.05, 0) is 29.5 Å². The first-order valence-corrected chi connectivity index (χ1v) is 7.25. The Morgan fingerprint density at radius 3 is 2.33 bits per heavy atom. The second-order valence-corrected chi connectivity index (χ2v) is 5.70. The van der Waals surface area contributed by atoms with Gasteiger partial charge in [-0.1, -0.05) is 62.4 Å². The van der Waals surface area contributed by atoms with Gasteiger partial charge in [0.25, 0.3) is 0 Å². The highest BCUT2D eigenvalue weighted by Gasteiger charge is 2.13. The summed E-state index contributed by atoms with van der Waals surface area (Å²) in [6.45, 7) is 6.42. The van der Waals surface area contributed by atoms with Gasteiger partial charge in [0, 0.05) is 12.0 Å². The van der Waals surface area contributed by atoms with Crippen LogP contribution in [0.15, 0.2) is 48.5 Å². The van der Waals surface area contributed by atoms with Gasteiger partial charge < -0.3 is 5.41 Å². The molecule has 1 N–H and O–H groups in total. The van der Waals surface area contributed by atoms with Crippen LogP contribution in [0.4, 0.5) is 0 Å². The molecule has 108 valence electrons. The predicted octanol–water partition coefficient (Wildman–Crippen LogP) is 4.56. The minimum Gasteiger partial charge on any atom is -0.301 e. The molecule has 0 saturated carbocycles. The maximum atomic E-state index is 12.2. The molecule has 0 aliphatic carbocycles. The van der Waals surface area contributed by atoms with Crippen LogP contribution in [-0.4, -0.2) is 11.5 Å². The van der Waals surface area contributed by atoms with Crippen LogP contribution in [0.1, 0.15) is 46.8 Å². The van der Waals surface area contributed by atoms with Crippen molar-refractivity contribution in [3.63, 3.8) is 0 Å². The van der Waals surface area contributed by atoms with E-state index in [0.717, 1.165) is 5.56 Å². The van der Waals surface area contributed by atoms with Crippen LogP contribution in [0.3, 0.4) is 0 Å². The first-order valence-electron chi connectivity index (χ1n) is 7.25. The van der Waals surface area contributed by atoms with Crippen molar-refractivity contribution in [3.8, 4) is 0 Å². The van der Waals surface area contributed by atoms with Gasteiger partial charge in [0.1, 0.15) is 0 Å². The monoisotopic (exact) mass is 279 g/mol. The number of rotatable bonds is 5. The van der Waals surface area contributed by atoms with Crippen molar-refractivity contribution >= 4 is 11.5 Å². The van der Waals surface area contributed by atoms with Crippen molar-refractivity contribution in [2.24, 2.45) is 0 Å². The van der Waals surface area contributed by atoms with Crippen LogP contribution < -0.4 is 0 Å². The molecule has 0 aliphatic heterocycles. The summed E-state index contributed by atoms with van der Waals surface area (Å²) in [6, 6.07) is 15.2. The minimum absolute atomic E-state index is 0.137. The Bertz CT molecular complexity index is 657. The molecule has 2 aromatic carbocycles. The molecule has 0 radical (unpaired) electrons. The molecule has 2 nitrogen and oxygen atoms in total. The maximum Gasteiger partial charge on any atom is 0.206 e. The highest BCUT2D eigenvalue weighted by molar-refractivity contribution is 6.45. The number of hydrogen-bond donors (Lipinski definition) is 1. The zero-order chi connectivity index (χ0) is 15.4. The van der Waals surface area contributed by atoms with E-state index in [1.807, 2.05) is 24.3 Å². The highest BCUT2D eigenvalue weighted by Crippen LogP contribution is 2.20. The van der Waals surface area contributed by atoms with Gasteiger partial charge in [-0.2, -0.15) is 0 Å². The van der Waals surface area contributed by atoms with E-state index < -0.39 is 0 Å². The van der Waals surface area contributed by atoms with Gasteiger partial charge in [0.05, 0.1) is 5.71 Å². The Labute approximate surface area is 126 Å². The van der Waals surface area contributed by atoms with Crippen molar-refractivity contribution < 1.29 is 4.79 Å². The van der Waals surface area contributed by atoms with Crippen molar-refractivity contribution in [2.75, 3.05) is 0 Å². The number of carbonyl (C=O) groups is 1. The Balaban J connectivity index is 2.13. The number of benzene rings is 2. The lowest BCUT2D eigenvalue weighted by Gasteiger charge is -2.11. The fourth-order valence-electron chi connectivity index (χ4n) is 2.54. The van der Waals surface area contributed by atoms with Gasteiger partial charge >= 0.3 is 0 Å². The molecule has 2 rings (SSSR count). The summed E-state index contributed by atoms with van der Waals surface area (Å²) in [5.74, 6) is 0.297. The summed E-state index contributed by atoms with van der Waals surface area (Å²) in [5, 5.41) is 8.03. The third-order valence-corrected chi connectivity index (χ3v) is 3.65. The van der Waals surface area contributed by atoms with Crippen LogP contribution in [0, 0.1) is 12.3 Å². The lowest BCUT2D eigenvalue weighted by molar-refractivity contribution is 0.106. The quantitative estimate of drug-likeness (QED) is 0.632. The summed E-state index contributed by atoms with van der Waals surface area (Å²) in [6.07, 6.45) is 0.382. The first-order chi connectivity index (χ1) is 9.99. The molecule has 0 aromatic heterocycles. The van der Waals surface area contributed by atoms with Crippen molar-refractivity contribution in [1.82, 2.24) is 0 Å². The molecule has 0 spiro atoms. The van der Waals surface area contributed by atoms with Crippen LogP contribution in [0.2, 0.25) is 0 Å². The number of Topliss-reactive ketones (excluding diaryl/α,β-unsaturated/α-hetero) is 1. The average molecular weight is 279 g/mol. The third kappa shape index (κ3) is 3.66. The van der Waals surface area contributed by atoms with E-state index >= 15 is 0 Å². The molecule has 0 amide bonds. The molecule has 0 fully saturated rings. The second kappa shape index (κ2) is 6.49. The number of carbonyl (C=O) groups excluding carboxylic acids is 1. The SMILES string of the molecule is Cc1cc(CC(=N)C(=O)c2ccccc2)ccc1C(C)C. The van der Waals surface area contributed by atoms with Gasteiger partial charge in [-0.25, -0.2) is 0 Å². The van der Waals surface area contributed by atoms with Gasteiger partial charge in [0.2, 0.25) is 5.78 Å². The zero-order valence-electron chi connectivity index (χ0n) is 12.8. The Hall–Kier alpha value is -2.22. The Kier molecular flexibility index (Phi) is 4.69. The zero-order valence-corrected chi connectivity index (χ0v) is 12.8. The molecular weight excluding hydrogens is 258 g/mol. The number of aryl methyl sites for hydroxylation is 1. The van der Waals surface area contributed by atoms with Crippen LogP contribution >= 0.6 is 0 Å². The number of ketones is 1. The maximum absolute atomic E-state index is 12.2. The minimum atomic E-state index is -0.193. The first kappa shape index (κ1) is 15.2. The van der Waals surface area contributed by atoms with Crippen LogP contribution in [0.5, 0.6) is 0 Å². The van der Waals surface area contributed by atoms with Crippen molar-refractivity contribution in [2.45, 2.75) is 33.1 Å². The van der Waals surface area contributed by atoms with Crippen LogP contribution in [0.25, 0.3) is 0 Å². The van der Waals surface area contributed by atoms with E-state index in [1.165, 1.54) is 11.1 Å². The second-order valence-electron chi connectivity index (χ2n) is 5.70. The molecule has 2 heteroatoms. The molecule has 0 atom stereocenters. The van der Waals surface area contributed by atoms with E-state index in [4.69, 9.17) is 5.41 Å². The molecule has 0 heterocycles. The summed E-state index contributed by atoms with van der Waals surface area (Å²) in [7, 11) is 0. The van der Waals surface area contributed by atoms with Gasteiger partial charge in [0.15, 0.2) is 0 Å². The number of nitrogens with one attached hydrogen (secondary N) is 1. The smallest absolute Gasteiger partial charge is 0.206 e. The Morgan fingerprint density at radius 2 is 1.76 bits per heavy atom. The molecular formula is C19H21NO. The highest BCUT2D eigenvalue weighted by atomic mass is 16.1. The van der Waals surface area contributed by atoms with E-state index in [0.29, 0.717) is 17.9 Å². The molecule has 0 aliphatic rings. The molecule has 0 bridgehead atoms. The van der Waals surface area contributed by atoms with E-state index in [1.54, 1.807) is 12.1 Å². The van der Waals surface area contributed by atoms with Crippen molar-refractivity contribution in [1.29, 1.82) is 5.41 Å². The average Bonchev–Trinajstić information content (AvgIpc) is 2.47. The lowest BCUT2D eigenvalue weighted by Crippen LogP contribution is -2.16. The number of hydrogen-bond acceptors (Lipinski definition) is 2. The Morgan fingerprint density at radius 1 is 1.10 bits per heavy atom. The summed E-state index contributed by atoms with van der Waals surface area (Å²) < 4.78 is 0. The fourth-order valence-corrected chi connectivity index (χ4v) is 2.54. The lowest BCUT2D eigenvalue weighted by atomic mass is 9.93. The van der Waals surface area contributed by atoms with E-state index in [2.05, 4.69) is 32.9 Å². The van der Waals surface area contributed by atoms with Crippen LogP contribution in [-0.2, 0) is 6.42 Å². The molecule has 21 heavy (non-hydrogen) atoms. The fraction of sp³-hybridized carbons (Fsp3) is 0.263. The van der Waals surface area contributed by atoms with Crippen molar-refractivity contribution in [3.05, 3.63) is 70.8 Å². The summed E-state index contributed by atoms with van der Waals surface area (Å²) in [4.78, 5) is 12.2. The van der Waals surface area contributed by atoms with Gasteiger partial charge in [-0.3, -0.25) is 4.79 Å². The third-order valence-electron chi connectivity index (χ3n) is 3.65. The molecule has 0 saturated heterocycles. The van der Waals surface area contributed by atoms with E-state index in [9.17, 15) is 4.79 Å². The molecule has 0 unspecified atom stereocenters. The van der Waals surface area contributed by atoms with E-state index in [-0.39, 0.29) is 11.5 Å². The summed E-state index contributed by atoms with van der Waals surface area (Å²) >= 11 is 0.